The van der Waals surface area contributed by atoms with Crippen LogP contribution in [0.25, 0.3) is 0 Å². The summed E-state index contributed by atoms with van der Waals surface area (Å²) in [6, 6.07) is 7.07. The Morgan fingerprint density at radius 1 is 0.903 bits per heavy atom. The molecule has 1 amide bonds. The summed E-state index contributed by atoms with van der Waals surface area (Å²) in [5.74, 6) is -2.44. The van der Waals surface area contributed by atoms with Gasteiger partial charge in [0.15, 0.2) is 5.71 Å². The van der Waals surface area contributed by atoms with Crippen molar-refractivity contribution in [3.63, 3.8) is 0 Å². The van der Waals surface area contributed by atoms with E-state index in [-0.39, 0.29) is 11.4 Å². The first-order chi connectivity index (χ1) is 14.4. The van der Waals surface area contributed by atoms with E-state index in [1.54, 1.807) is 0 Å². The Bertz CT molecular complexity index is 1320. The molecule has 162 valence electrons. The average molecular weight is 468 g/mol. The van der Waals surface area contributed by atoms with Gasteiger partial charge in [0.25, 0.3) is 26.1 Å². The Hall–Kier alpha value is -3.53. The SMILES string of the molecule is O=C(O)C1=NN(c2ccc(S(=O)(=O)O)cc2)C(=O)C1N=Nc1ccc(S(=O)(=O)O)cc1. The number of carboxylic acids is 1. The highest BCUT2D eigenvalue weighted by Crippen LogP contribution is 2.25. The van der Waals surface area contributed by atoms with Crippen LogP contribution in [-0.4, -0.2) is 54.7 Å². The van der Waals surface area contributed by atoms with Gasteiger partial charge in [0.1, 0.15) is 0 Å². The molecule has 13 nitrogen and oxygen atoms in total. The monoisotopic (exact) mass is 468 g/mol. The lowest BCUT2D eigenvalue weighted by atomic mass is 10.2. The molecule has 1 aliphatic rings. The Morgan fingerprint density at radius 3 is 1.84 bits per heavy atom. The summed E-state index contributed by atoms with van der Waals surface area (Å²) in [6.45, 7) is 0. The van der Waals surface area contributed by atoms with Crippen LogP contribution in [0.2, 0.25) is 0 Å². The van der Waals surface area contributed by atoms with Crippen molar-refractivity contribution in [3.8, 4) is 0 Å². The van der Waals surface area contributed by atoms with E-state index >= 15 is 0 Å². The van der Waals surface area contributed by atoms with Crippen LogP contribution in [0.1, 0.15) is 0 Å². The molecule has 3 rings (SSSR count). The lowest BCUT2D eigenvalue weighted by Crippen LogP contribution is -2.33. The Balaban J connectivity index is 1.88. The van der Waals surface area contributed by atoms with Gasteiger partial charge in [0.2, 0.25) is 6.04 Å². The number of anilines is 1. The maximum atomic E-state index is 12.6. The first-order valence-electron chi connectivity index (χ1n) is 8.09. The van der Waals surface area contributed by atoms with E-state index in [1.165, 1.54) is 12.1 Å². The molecule has 1 atom stereocenters. The van der Waals surface area contributed by atoms with Crippen LogP contribution < -0.4 is 5.01 Å². The molecule has 2 aromatic rings. The molecule has 0 saturated heterocycles. The smallest absolute Gasteiger partial charge is 0.355 e. The van der Waals surface area contributed by atoms with Crippen LogP contribution in [-0.2, 0) is 29.8 Å². The molecule has 1 heterocycles. The highest BCUT2D eigenvalue weighted by Gasteiger charge is 2.41. The van der Waals surface area contributed by atoms with Crippen LogP contribution in [0.15, 0.2) is 73.7 Å². The van der Waals surface area contributed by atoms with Gasteiger partial charge in [-0.05, 0) is 48.5 Å². The summed E-state index contributed by atoms with van der Waals surface area (Å²) < 4.78 is 62.3. The fraction of sp³-hybridized carbons (Fsp3) is 0.0625. The number of amides is 1. The zero-order valence-electron chi connectivity index (χ0n) is 15.1. The third-order valence-corrected chi connectivity index (χ3v) is 5.67. The number of azo groups is 1. The molecule has 0 aromatic heterocycles. The molecule has 0 aliphatic carbocycles. The van der Waals surface area contributed by atoms with E-state index in [1.807, 2.05) is 0 Å². The van der Waals surface area contributed by atoms with Crippen molar-refractivity contribution in [1.29, 1.82) is 0 Å². The van der Waals surface area contributed by atoms with Gasteiger partial charge in [-0.2, -0.15) is 37.2 Å². The minimum absolute atomic E-state index is 0.0198. The number of benzene rings is 2. The van der Waals surface area contributed by atoms with Crippen molar-refractivity contribution < 1.29 is 40.6 Å². The molecule has 3 N–H and O–H groups in total. The zero-order valence-corrected chi connectivity index (χ0v) is 16.7. The van der Waals surface area contributed by atoms with Crippen LogP contribution in [0, 0.1) is 0 Å². The Labute approximate surface area is 174 Å². The molecule has 0 spiro atoms. The normalized spacial score (nSPS) is 17.2. The van der Waals surface area contributed by atoms with Gasteiger partial charge in [-0.3, -0.25) is 13.9 Å². The predicted molar refractivity (Wildman–Crippen MR) is 103 cm³/mol. The van der Waals surface area contributed by atoms with Crippen LogP contribution in [0.4, 0.5) is 11.4 Å². The largest absolute Gasteiger partial charge is 0.477 e. The number of hydrazone groups is 1. The number of hydrogen-bond donors (Lipinski definition) is 3. The van der Waals surface area contributed by atoms with E-state index in [0.29, 0.717) is 5.01 Å². The molecule has 1 aliphatic heterocycles. The van der Waals surface area contributed by atoms with Gasteiger partial charge in [-0.1, -0.05) is 0 Å². The zero-order chi connectivity index (χ0) is 23.0. The van der Waals surface area contributed by atoms with Crippen LogP contribution in [0.5, 0.6) is 0 Å². The molecule has 0 saturated carbocycles. The summed E-state index contributed by atoms with van der Waals surface area (Å²) in [5, 5.41) is 21.1. The number of aliphatic carboxylic acids is 1. The fourth-order valence-corrected chi connectivity index (χ4v) is 3.42. The lowest BCUT2D eigenvalue weighted by Gasteiger charge is -2.12. The maximum Gasteiger partial charge on any atom is 0.355 e. The highest BCUT2D eigenvalue weighted by molar-refractivity contribution is 7.86. The van der Waals surface area contributed by atoms with E-state index in [9.17, 15) is 31.5 Å². The number of carboxylic acid groups (broad SMARTS) is 1. The van der Waals surface area contributed by atoms with Gasteiger partial charge >= 0.3 is 5.97 Å². The van der Waals surface area contributed by atoms with Crippen LogP contribution >= 0.6 is 0 Å². The fourth-order valence-electron chi connectivity index (χ4n) is 2.46. The van der Waals surface area contributed by atoms with Gasteiger partial charge in [-0.15, -0.1) is 0 Å². The lowest BCUT2D eigenvalue weighted by molar-refractivity contribution is -0.130. The molecule has 0 bridgehead atoms. The quantitative estimate of drug-likeness (QED) is 0.410. The second-order valence-electron chi connectivity index (χ2n) is 6.00. The second-order valence-corrected chi connectivity index (χ2v) is 8.84. The summed E-state index contributed by atoms with van der Waals surface area (Å²) in [4.78, 5) is 23.3. The summed E-state index contributed by atoms with van der Waals surface area (Å²) in [7, 11) is -8.88. The van der Waals surface area contributed by atoms with Gasteiger partial charge in [0.05, 0.1) is 21.2 Å². The highest BCUT2D eigenvalue weighted by atomic mass is 32.2. The number of rotatable bonds is 6. The number of carbonyl (C=O) groups excluding carboxylic acids is 1. The number of nitrogens with zero attached hydrogens (tertiary/aromatic N) is 4. The summed E-state index contributed by atoms with van der Waals surface area (Å²) in [6.07, 6.45) is 0. The van der Waals surface area contributed by atoms with Crippen molar-refractivity contribution in [1.82, 2.24) is 0 Å². The van der Waals surface area contributed by atoms with Gasteiger partial charge in [0, 0.05) is 0 Å². The van der Waals surface area contributed by atoms with Gasteiger partial charge in [-0.25, -0.2) is 4.79 Å². The number of carbonyl (C=O) groups is 2. The third-order valence-electron chi connectivity index (χ3n) is 3.93. The van der Waals surface area contributed by atoms with E-state index in [4.69, 9.17) is 9.11 Å². The standard InChI is InChI=1S/C16H12N4O9S2/c21-15-13(18-17-9-1-5-11(6-2-9)30(24,25)26)14(16(22)23)19-20(15)10-3-7-12(8-4-10)31(27,28)29/h1-8,13H,(H,22,23)(H,24,25,26)(H,27,28,29). The molecule has 0 radical (unpaired) electrons. The molecular weight excluding hydrogens is 456 g/mol. The first kappa shape index (κ1) is 22.2. The maximum absolute atomic E-state index is 12.6. The van der Waals surface area contributed by atoms with Crippen molar-refractivity contribution in [3.05, 3.63) is 48.5 Å². The minimum Gasteiger partial charge on any atom is -0.477 e. The average Bonchev–Trinajstić information content (AvgIpc) is 3.02. The minimum atomic E-state index is -4.46. The molecule has 15 heteroatoms. The summed E-state index contributed by atoms with van der Waals surface area (Å²) >= 11 is 0. The Morgan fingerprint density at radius 2 is 1.39 bits per heavy atom. The van der Waals surface area contributed by atoms with Crippen molar-refractivity contribution in [2.24, 2.45) is 15.3 Å². The summed E-state index contributed by atoms with van der Waals surface area (Å²) in [5.41, 5.74) is -0.561. The van der Waals surface area contributed by atoms with Crippen molar-refractivity contribution >= 4 is 49.2 Å². The van der Waals surface area contributed by atoms with Crippen molar-refractivity contribution in [2.75, 3.05) is 5.01 Å². The van der Waals surface area contributed by atoms with Crippen LogP contribution in [0.3, 0.4) is 0 Å². The topological polar surface area (TPSA) is 203 Å². The van der Waals surface area contributed by atoms with Gasteiger partial charge < -0.3 is 5.11 Å². The van der Waals surface area contributed by atoms with Crippen molar-refractivity contribution in [2.45, 2.75) is 15.8 Å². The molecule has 1 unspecified atom stereocenters. The number of hydrogen-bond acceptors (Lipinski definition) is 9. The second kappa shape index (κ2) is 7.95. The molecule has 2 aromatic carbocycles. The predicted octanol–water partition coefficient (Wildman–Crippen LogP) is 1.12. The van der Waals surface area contributed by atoms with E-state index in [2.05, 4.69) is 15.3 Å². The molecular formula is C16H12N4O9S2. The molecule has 0 fully saturated rings. The van der Waals surface area contributed by atoms with E-state index in [0.717, 1.165) is 36.4 Å². The first-order valence-corrected chi connectivity index (χ1v) is 11.0. The Kier molecular flexibility index (Phi) is 5.68. The molecule has 31 heavy (non-hydrogen) atoms. The third kappa shape index (κ3) is 4.80. The van der Waals surface area contributed by atoms with E-state index < -0.39 is 53.7 Å².